The number of hydrogen-bond acceptors (Lipinski definition) is 4. The highest BCUT2D eigenvalue weighted by Gasteiger charge is 2.29. The standard InChI is InChI=1S/C22H33F3N2O4/c1-27(2)15-19(14-21(29)30)26-20(28)8-6-4-3-5-7-13-31-16-17-9-11-18(12-10-17)22(23,24)25/h9-12,19H,3-8,13-16H2,1-2H3,(H,26,28)(H,29,30). The van der Waals surface area contributed by atoms with Crippen molar-refractivity contribution in [3.63, 3.8) is 0 Å². The van der Waals surface area contributed by atoms with E-state index in [0.29, 0.717) is 25.1 Å². The summed E-state index contributed by atoms with van der Waals surface area (Å²) in [6.45, 7) is 1.29. The summed E-state index contributed by atoms with van der Waals surface area (Å²) < 4.78 is 43.0. The zero-order valence-corrected chi connectivity index (χ0v) is 18.2. The number of carbonyl (C=O) groups excluding carboxylic acids is 1. The van der Waals surface area contributed by atoms with Gasteiger partial charge in [-0.05, 0) is 44.6 Å². The summed E-state index contributed by atoms with van der Waals surface area (Å²) in [5.41, 5.74) is 0.0366. The van der Waals surface area contributed by atoms with Crippen molar-refractivity contribution >= 4 is 11.9 Å². The Kier molecular flexibility index (Phi) is 12.2. The number of benzene rings is 1. The van der Waals surface area contributed by atoms with E-state index >= 15 is 0 Å². The largest absolute Gasteiger partial charge is 0.481 e. The van der Waals surface area contributed by atoms with E-state index in [2.05, 4.69) is 5.32 Å². The monoisotopic (exact) mass is 446 g/mol. The molecule has 0 saturated carbocycles. The van der Waals surface area contributed by atoms with Gasteiger partial charge in [-0.15, -0.1) is 0 Å². The number of halogens is 3. The lowest BCUT2D eigenvalue weighted by molar-refractivity contribution is -0.138. The number of nitrogens with zero attached hydrogens (tertiary/aromatic N) is 1. The molecule has 0 aromatic heterocycles. The molecule has 0 spiro atoms. The molecular weight excluding hydrogens is 413 g/mol. The number of nitrogens with one attached hydrogen (secondary N) is 1. The zero-order valence-electron chi connectivity index (χ0n) is 18.2. The number of hydrogen-bond donors (Lipinski definition) is 2. The lowest BCUT2D eigenvalue weighted by Crippen LogP contribution is -2.42. The summed E-state index contributed by atoms with van der Waals surface area (Å²) in [5, 5.41) is 11.7. The quantitative estimate of drug-likeness (QED) is 0.397. The molecule has 0 aliphatic carbocycles. The highest BCUT2D eigenvalue weighted by Crippen LogP contribution is 2.29. The molecule has 0 radical (unpaired) electrons. The molecule has 1 atom stereocenters. The van der Waals surface area contributed by atoms with Gasteiger partial charge in [0.2, 0.25) is 5.91 Å². The Balaban J connectivity index is 2.08. The Morgan fingerprint density at radius 1 is 1.06 bits per heavy atom. The van der Waals surface area contributed by atoms with Crippen LogP contribution in [0.2, 0.25) is 0 Å². The lowest BCUT2D eigenvalue weighted by atomic mass is 10.1. The minimum Gasteiger partial charge on any atom is -0.481 e. The number of aliphatic carboxylic acids is 1. The van der Waals surface area contributed by atoms with Crippen LogP contribution in [0.15, 0.2) is 24.3 Å². The molecule has 1 unspecified atom stereocenters. The molecule has 1 amide bonds. The molecule has 176 valence electrons. The summed E-state index contributed by atoms with van der Waals surface area (Å²) in [6.07, 6.45) is 0.306. The second kappa shape index (κ2) is 14.0. The number of amides is 1. The van der Waals surface area contributed by atoms with Gasteiger partial charge in [-0.25, -0.2) is 0 Å². The average Bonchev–Trinajstić information content (AvgIpc) is 2.65. The van der Waals surface area contributed by atoms with E-state index in [0.717, 1.165) is 44.2 Å². The maximum atomic E-state index is 12.5. The highest BCUT2D eigenvalue weighted by atomic mass is 19.4. The van der Waals surface area contributed by atoms with Gasteiger partial charge in [0.25, 0.3) is 0 Å². The van der Waals surface area contributed by atoms with E-state index in [1.807, 2.05) is 19.0 Å². The molecule has 6 nitrogen and oxygen atoms in total. The molecule has 0 aliphatic heterocycles. The Bertz CT molecular complexity index is 664. The number of carbonyl (C=O) groups is 2. The maximum Gasteiger partial charge on any atom is 0.416 e. The van der Waals surface area contributed by atoms with Gasteiger partial charge in [-0.3, -0.25) is 9.59 Å². The van der Waals surface area contributed by atoms with Crippen molar-refractivity contribution < 1.29 is 32.6 Å². The van der Waals surface area contributed by atoms with E-state index in [4.69, 9.17) is 9.84 Å². The first kappa shape index (κ1) is 26.9. The van der Waals surface area contributed by atoms with Crippen molar-refractivity contribution in [3.05, 3.63) is 35.4 Å². The van der Waals surface area contributed by atoms with Crippen LogP contribution in [0.5, 0.6) is 0 Å². The van der Waals surface area contributed by atoms with Crippen LogP contribution in [0.25, 0.3) is 0 Å². The Hall–Kier alpha value is -2.13. The number of ether oxygens (including phenoxy) is 1. The molecule has 1 aromatic carbocycles. The summed E-state index contributed by atoms with van der Waals surface area (Å²) in [4.78, 5) is 24.7. The second-order valence-corrected chi connectivity index (χ2v) is 7.89. The van der Waals surface area contributed by atoms with Crippen LogP contribution in [0.1, 0.15) is 56.1 Å². The molecule has 1 aromatic rings. The van der Waals surface area contributed by atoms with Crippen molar-refractivity contribution in [2.75, 3.05) is 27.2 Å². The Morgan fingerprint density at radius 2 is 1.68 bits per heavy atom. The van der Waals surface area contributed by atoms with Crippen LogP contribution in [-0.2, 0) is 27.1 Å². The summed E-state index contributed by atoms with van der Waals surface area (Å²) in [7, 11) is 3.66. The molecule has 1 rings (SSSR count). The first-order chi connectivity index (χ1) is 14.6. The number of alkyl halides is 3. The average molecular weight is 447 g/mol. The predicted molar refractivity (Wildman–Crippen MR) is 112 cm³/mol. The smallest absolute Gasteiger partial charge is 0.416 e. The molecule has 0 aliphatic rings. The second-order valence-electron chi connectivity index (χ2n) is 7.89. The fourth-order valence-electron chi connectivity index (χ4n) is 3.11. The van der Waals surface area contributed by atoms with E-state index in [1.165, 1.54) is 12.1 Å². The molecule has 9 heteroatoms. The van der Waals surface area contributed by atoms with Gasteiger partial charge >= 0.3 is 12.1 Å². The van der Waals surface area contributed by atoms with Crippen LogP contribution in [0.4, 0.5) is 13.2 Å². The summed E-state index contributed by atoms with van der Waals surface area (Å²) >= 11 is 0. The van der Waals surface area contributed by atoms with E-state index in [-0.39, 0.29) is 18.9 Å². The first-order valence-corrected chi connectivity index (χ1v) is 10.5. The van der Waals surface area contributed by atoms with Crippen LogP contribution < -0.4 is 5.32 Å². The van der Waals surface area contributed by atoms with Crippen LogP contribution >= 0.6 is 0 Å². The van der Waals surface area contributed by atoms with Gasteiger partial charge in [0.15, 0.2) is 0 Å². The predicted octanol–water partition coefficient (Wildman–Crippen LogP) is 4.08. The van der Waals surface area contributed by atoms with Gasteiger partial charge in [0, 0.05) is 19.6 Å². The first-order valence-electron chi connectivity index (χ1n) is 10.5. The van der Waals surface area contributed by atoms with Gasteiger partial charge in [0.05, 0.1) is 24.6 Å². The van der Waals surface area contributed by atoms with Crippen LogP contribution in [0, 0.1) is 0 Å². The van der Waals surface area contributed by atoms with Gasteiger partial charge in [-0.1, -0.05) is 31.4 Å². The Labute approximate surface area is 181 Å². The molecule has 0 heterocycles. The molecule has 31 heavy (non-hydrogen) atoms. The number of unbranched alkanes of at least 4 members (excludes halogenated alkanes) is 4. The van der Waals surface area contributed by atoms with Crippen molar-refractivity contribution in [3.8, 4) is 0 Å². The van der Waals surface area contributed by atoms with Crippen molar-refractivity contribution in [2.45, 2.75) is 63.8 Å². The van der Waals surface area contributed by atoms with Gasteiger partial charge < -0.3 is 20.1 Å². The van der Waals surface area contributed by atoms with Crippen molar-refractivity contribution in [1.29, 1.82) is 0 Å². The third-order valence-corrected chi connectivity index (χ3v) is 4.61. The molecule has 0 bridgehead atoms. The minimum absolute atomic E-state index is 0.101. The van der Waals surface area contributed by atoms with Crippen LogP contribution in [-0.4, -0.2) is 55.2 Å². The van der Waals surface area contributed by atoms with Gasteiger partial charge in [-0.2, -0.15) is 13.2 Å². The fraction of sp³-hybridized carbons (Fsp3) is 0.636. The topological polar surface area (TPSA) is 78.9 Å². The zero-order chi connectivity index (χ0) is 23.3. The highest BCUT2D eigenvalue weighted by molar-refractivity contribution is 5.77. The fourth-order valence-corrected chi connectivity index (χ4v) is 3.11. The molecule has 2 N–H and O–H groups in total. The lowest BCUT2D eigenvalue weighted by Gasteiger charge is -2.20. The van der Waals surface area contributed by atoms with E-state index in [9.17, 15) is 22.8 Å². The third-order valence-electron chi connectivity index (χ3n) is 4.61. The van der Waals surface area contributed by atoms with E-state index in [1.54, 1.807) is 0 Å². The summed E-state index contributed by atoms with van der Waals surface area (Å²) in [6, 6.07) is 4.56. The molecule has 0 fully saturated rings. The number of carboxylic acids is 1. The normalized spacial score (nSPS) is 12.7. The van der Waals surface area contributed by atoms with E-state index < -0.39 is 23.8 Å². The molecule has 0 saturated heterocycles. The number of rotatable bonds is 15. The van der Waals surface area contributed by atoms with Crippen LogP contribution in [0.3, 0.4) is 0 Å². The SMILES string of the molecule is CN(C)CC(CC(=O)O)NC(=O)CCCCCCCOCc1ccc(C(F)(F)F)cc1. The van der Waals surface area contributed by atoms with Gasteiger partial charge in [0.1, 0.15) is 0 Å². The number of carboxylic acid groups (broad SMARTS) is 1. The summed E-state index contributed by atoms with van der Waals surface area (Å²) in [5.74, 6) is -1.07. The number of likely N-dealkylation sites (N-methyl/N-ethyl adjacent to an activating group) is 1. The van der Waals surface area contributed by atoms with Crippen molar-refractivity contribution in [2.24, 2.45) is 0 Å². The molecular formula is C22H33F3N2O4. The third kappa shape index (κ3) is 13.0. The van der Waals surface area contributed by atoms with Crippen molar-refractivity contribution in [1.82, 2.24) is 10.2 Å². The Morgan fingerprint density at radius 3 is 2.26 bits per heavy atom. The maximum absolute atomic E-state index is 12.5. The minimum atomic E-state index is -4.33.